The molecule has 1 aromatic rings. The molecule has 0 fully saturated rings. The molecule has 1 N–H and O–H groups in total. The maximum absolute atomic E-state index is 12.1. The summed E-state index contributed by atoms with van der Waals surface area (Å²) in [5.74, 6) is 0.943. The van der Waals surface area contributed by atoms with Gasteiger partial charge in [-0.2, -0.15) is 0 Å². The molecule has 0 aromatic heterocycles. The molecule has 0 radical (unpaired) electrons. The van der Waals surface area contributed by atoms with E-state index in [9.17, 15) is 9.00 Å². The third kappa shape index (κ3) is 5.03. The van der Waals surface area contributed by atoms with Gasteiger partial charge in [-0.15, -0.1) is 0 Å². The highest BCUT2D eigenvalue weighted by Crippen LogP contribution is 2.15. The Morgan fingerprint density at radius 1 is 1.47 bits per heavy atom. The third-order valence-corrected chi connectivity index (χ3v) is 4.38. The number of methoxy groups -OCH3 is 1. The van der Waals surface area contributed by atoms with Crippen molar-refractivity contribution in [2.45, 2.75) is 31.3 Å². The lowest BCUT2D eigenvalue weighted by atomic mass is 10.2. The molecule has 0 saturated heterocycles. The Morgan fingerprint density at radius 2 is 2.21 bits per heavy atom. The molecule has 0 aliphatic heterocycles. The van der Waals surface area contributed by atoms with Crippen molar-refractivity contribution in [2.75, 3.05) is 13.7 Å². The zero-order chi connectivity index (χ0) is 14.3. The molecular formula is C14H21NO3S. The van der Waals surface area contributed by atoms with Crippen LogP contribution in [-0.4, -0.2) is 29.0 Å². The Labute approximate surface area is 117 Å². The second-order valence-corrected chi connectivity index (χ2v) is 6.07. The predicted molar refractivity (Wildman–Crippen MR) is 77.6 cm³/mol. The fraction of sp³-hybridized carbons (Fsp3) is 0.500. The first-order chi connectivity index (χ1) is 9.08. The van der Waals surface area contributed by atoms with E-state index in [1.165, 1.54) is 0 Å². The average molecular weight is 283 g/mol. The van der Waals surface area contributed by atoms with Gasteiger partial charge < -0.3 is 10.1 Å². The SMILES string of the molecule is CCCNC(=O)[C@@H](C)[S@](=O)Cc1cccc(OC)c1. The van der Waals surface area contributed by atoms with Gasteiger partial charge in [0, 0.05) is 23.1 Å². The van der Waals surface area contributed by atoms with Gasteiger partial charge in [-0.25, -0.2) is 0 Å². The van der Waals surface area contributed by atoms with Crippen LogP contribution in [0.4, 0.5) is 0 Å². The fourth-order valence-electron chi connectivity index (χ4n) is 1.56. The highest BCUT2D eigenvalue weighted by atomic mass is 32.2. The second-order valence-electron chi connectivity index (χ2n) is 4.31. The number of hydrogen-bond donors (Lipinski definition) is 1. The molecule has 0 spiro atoms. The van der Waals surface area contributed by atoms with Gasteiger partial charge in [-0.3, -0.25) is 9.00 Å². The number of benzene rings is 1. The van der Waals surface area contributed by atoms with Crippen LogP contribution in [0.25, 0.3) is 0 Å². The lowest BCUT2D eigenvalue weighted by Gasteiger charge is -2.12. The van der Waals surface area contributed by atoms with Crippen molar-refractivity contribution >= 4 is 16.7 Å². The van der Waals surface area contributed by atoms with Crippen LogP contribution in [0, 0.1) is 0 Å². The molecule has 2 atom stereocenters. The quantitative estimate of drug-likeness (QED) is 0.831. The van der Waals surface area contributed by atoms with Crippen LogP contribution >= 0.6 is 0 Å². The Hall–Kier alpha value is -1.36. The topological polar surface area (TPSA) is 55.4 Å². The first-order valence-corrected chi connectivity index (χ1v) is 7.74. The van der Waals surface area contributed by atoms with Crippen molar-refractivity contribution < 1.29 is 13.7 Å². The molecule has 0 unspecified atom stereocenters. The molecular weight excluding hydrogens is 262 g/mol. The minimum atomic E-state index is -1.23. The standard InChI is InChI=1S/C14H21NO3S/c1-4-8-15-14(16)11(2)19(17)10-12-6-5-7-13(9-12)18-3/h5-7,9,11H,4,8,10H2,1-3H3,(H,15,16)/t11-,19-/m1/s1. The maximum Gasteiger partial charge on any atom is 0.235 e. The Kier molecular flexibility index (Phi) is 6.56. The van der Waals surface area contributed by atoms with E-state index in [2.05, 4.69) is 5.32 Å². The summed E-state index contributed by atoms with van der Waals surface area (Å²) in [5.41, 5.74) is 0.910. The molecule has 1 rings (SSSR count). The summed E-state index contributed by atoms with van der Waals surface area (Å²) in [7, 11) is 0.367. The number of hydrogen-bond acceptors (Lipinski definition) is 3. The van der Waals surface area contributed by atoms with E-state index in [0.29, 0.717) is 12.3 Å². The van der Waals surface area contributed by atoms with Gasteiger partial charge >= 0.3 is 0 Å². The van der Waals surface area contributed by atoms with E-state index in [1.807, 2.05) is 31.2 Å². The molecule has 1 amide bonds. The van der Waals surface area contributed by atoms with Crippen molar-refractivity contribution in [3.63, 3.8) is 0 Å². The fourth-order valence-corrected chi connectivity index (χ4v) is 2.64. The van der Waals surface area contributed by atoms with Gasteiger partial charge in [-0.1, -0.05) is 19.1 Å². The zero-order valence-electron chi connectivity index (χ0n) is 11.6. The van der Waals surface area contributed by atoms with E-state index in [-0.39, 0.29) is 5.91 Å². The number of rotatable bonds is 7. The summed E-state index contributed by atoms with van der Waals surface area (Å²) >= 11 is 0. The smallest absolute Gasteiger partial charge is 0.235 e. The monoisotopic (exact) mass is 283 g/mol. The van der Waals surface area contributed by atoms with E-state index >= 15 is 0 Å². The minimum absolute atomic E-state index is 0.150. The van der Waals surface area contributed by atoms with Crippen LogP contribution in [0.5, 0.6) is 5.75 Å². The number of carbonyl (C=O) groups excluding carboxylic acids is 1. The van der Waals surface area contributed by atoms with Gasteiger partial charge in [0.15, 0.2) is 0 Å². The van der Waals surface area contributed by atoms with E-state index in [0.717, 1.165) is 17.7 Å². The first-order valence-electron chi connectivity index (χ1n) is 6.36. The number of nitrogens with one attached hydrogen (secondary N) is 1. The lowest BCUT2D eigenvalue weighted by Crippen LogP contribution is -2.36. The van der Waals surface area contributed by atoms with Crippen LogP contribution in [0.15, 0.2) is 24.3 Å². The Morgan fingerprint density at radius 3 is 2.84 bits per heavy atom. The van der Waals surface area contributed by atoms with Crippen molar-refractivity contribution in [3.8, 4) is 5.75 Å². The summed E-state index contributed by atoms with van der Waals surface area (Å²) < 4.78 is 17.2. The molecule has 0 saturated carbocycles. The van der Waals surface area contributed by atoms with Crippen LogP contribution in [0.3, 0.4) is 0 Å². The van der Waals surface area contributed by atoms with Crippen LogP contribution in [-0.2, 0) is 21.3 Å². The molecule has 0 bridgehead atoms. The van der Waals surface area contributed by atoms with Gasteiger partial charge in [0.25, 0.3) is 0 Å². The third-order valence-electron chi connectivity index (χ3n) is 2.76. The molecule has 5 heteroatoms. The van der Waals surface area contributed by atoms with Gasteiger partial charge in [0.1, 0.15) is 11.0 Å². The zero-order valence-corrected chi connectivity index (χ0v) is 12.5. The summed E-state index contributed by atoms with van der Waals surface area (Å²) in [6, 6.07) is 7.42. The van der Waals surface area contributed by atoms with Gasteiger partial charge in [0.2, 0.25) is 5.91 Å². The van der Waals surface area contributed by atoms with E-state index in [1.54, 1.807) is 14.0 Å². The average Bonchev–Trinajstić information content (AvgIpc) is 2.43. The number of ether oxygens (including phenoxy) is 1. The highest BCUT2D eigenvalue weighted by molar-refractivity contribution is 7.85. The summed E-state index contributed by atoms with van der Waals surface area (Å²) in [4.78, 5) is 11.7. The van der Waals surface area contributed by atoms with Gasteiger partial charge in [0.05, 0.1) is 7.11 Å². The first kappa shape index (κ1) is 15.7. The summed E-state index contributed by atoms with van der Waals surface area (Å²) in [5, 5.41) is 2.26. The highest BCUT2D eigenvalue weighted by Gasteiger charge is 2.19. The molecule has 0 aliphatic carbocycles. The second kappa shape index (κ2) is 7.94. The molecule has 1 aromatic carbocycles. The number of amides is 1. The largest absolute Gasteiger partial charge is 0.497 e. The van der Waals surface area contributed by atoms with Crippen molar-refractivity contribution in [3.05, 3.63) is 29.8 Å². The normalized spacial score (nSPS) is 13.6. The molecule has 4 nitrogen and oxygen atoms in total. The van der Waals surface area contributed by atoms with Crippen LogP contribution in [0.1, 0.15) is 25.8 Å². The maximum atomic E-state index is 12.1. The molecule has 0 aliphatic rings. The minimum Gasteiger partial charge on any atom is -0.497 e. The van der Waals surface area contributed by atoms with Gasteiger partial charge in [-0.05, 0) is 31.0 Å². The summed E-state index contributed by atoms with van der Waals surface area (Å²) in [6.45, 7) is 4.30. The Bertz CT molecular complexity index is 448. The summed E-state index contributed by atoms with van der Waals surface area (Å²) in [6.07, 6.45) is 0.876. The predicted octanol–water partition coefficient (Wildman–Crippen LogP) is 1.86. The lowest BCUT2D eigenvalue weighted by molar-refractivity contribution is -0.120. The van der Waals surface area contributed by atoms with Crippen molar-refractivity contribution in [1.82, 2.24) is 5.32 Å². The molecule has 106 valence electrons. The van der Waals surface area contributed by atoms with E-state index in [4.69, 9.17) is 4.74 Å². The van der Waals surface area contributed by atoms with Crippen LogP contribution in [0.2, 0.25) is 0 Å². The van der Waals surface area contributed by atoms with E-state index < -0.39 is 16.0 Å². The van der Waals surface area contributed by atoms with Crippen LogP contribution < -0.4 is 10.1 Å². The Balaban J connectivity index is 2.60. The van der Waals surface area contributed by atoms with Crippen molar-refractivity contribution in [2.24, 2.45) is 0 Å². The number of carbonyl (C=O) groups is 1. The molecule has 19 heavy (non-hydrogen) atoms. The molecule has 0 heterocycles. The van der Waals surface area contributed by atoms with Crippen molar-refractivity contribution in [1.29, 1.82) is 0 Å².